The highest BCUT2D eigenvalue weighted by Crippen LogP contribution is 2.66. The fourth-order valence-electron chi connectivity index (χ4n) is 5.96. The molecule has 1 amide bonds. The van der Waals surface area contributed by atoms with Crippen molar-refractivity contribution in [2.75, 3.05) is 0 Å². The van der Waals surface area contributed by atoms with Crippen LogP contribution in [0.25, 0.3) is 5.65 Å². The largest absolute Gasteiger partial charge is 0.349 e. The van der Waals surface area contributed by atoms with Gasteiger partial charge in [-0.3, -0.25) is 4.79 Å². The normalized spacial score (nSPS) is 30.6. The van der Waals surface area contributed by atoms with Crippen molar-refractivity contribution in [3.8, 4) is 0 Å². The molecule has 0 aromatic carbocycles. The molecule has 4 fully saturated rings. The molecule has 0 bridgehead atoms. The first-order valence-electron chi connectivity index (χ1n) is 11.7. The summed E-state index contributed by atoms with van der Waals surface area (Å²) in [5.41, 5.74) is 2.07. The SMILES string of the molecule is O=C(CC1CC(F)(F)C1)NC(c1cc2nc(CC3C[C@@H]4[C@H](C3)C4(F)F)cn2nc1Cl)C1CC1. The lowest BCUT2D eigenvalue weighted by molar-refractivity contribution is -0.134. The first kappa shape index (κ1) is 21.6. The van der Waals surface area contributed by atoms with E-state index in [1.165, 1.54) is 0 Å². The second-order valence-electron chi connectivity index (χ2n) is 10.6. The van der Waals surface area contributed by atoms with E-state index in [2.05, 4.69) is 15.4 Å². The fourth-order valence-corrected chi connectivity index (χ4v) is 6.22. The van der Waals surface area contributed by atoms with Crippen LogP contribution in [0.4, 0.5) is 17.6 Å². The third-order valence-electron chi connectivity index (χ3n) is 7.91. The van der Waals surface area contributed by atoms with Gasteiger partial charge in [-0.25, -0.2) is 27.1 Å². The van der Waals surface area contributed by atoms with E-state index >= 15 is 0 Å². The van der Waals surface area contributed by atoms with Crippen LogP contribution in [0.3, 0.4) is 0 Å². The number of alkyl halides is 4. The van der Waals surface area contributed by atoms with Gasteiger partial charge in [0.1, 0.15) is 0 Å². The summed E-state index contributed by atoms with van der Waals surface area (Å²) in [5.74, 6) is -6.13. The van der Waals surface area contributed by atoms with E-state index in [-0.39, 0.29) is 54.1 Å². The lowest BCUT2D eigenvalue weighted by atomic mass is 9.79. The summed E-state index contributed by atoms with van der Waals surface area (Å²) in [6, 6.07) is 1.49. The van der Waals surface area contributed by atoms with Gasteiger partial charge in [0, 0.05) is 36.7 Å². The number of rotatable bonds is 7. The molecule has 2 aromatic rings. The number of carbonyl (C=O) groups excluding carboxylic acids is 1. The number of imidazole rings is 1. The molecule has 6 rings (SSSR count). The van der Waals surface area contributed by atoms with Gasteiger partial charge >= 0.3 is 0 Å². The van der Waals surface area contributed by atoms with Gasteiger partial charge in [0.25, 0.3) is 5.92 Å². The minimum Gasteiger partial charge on any atom is -0.349 e. The summed E-state index contributed by atoms with van der Waals surface area (Å²) >= 11 is 6.48. The van der Waals surface area contributed by atoms with Crippen LogP contribution in [-0.2, 0) is 11.2 Å². The molecular formula is C23H25ClF4N4O. The van der Waals surface area contributed by atoms with Crippen molar-refractivity contribution in [3.05, 3.63) is 28.7 Å². The number of fused-ring (bicyclic) bond motifs is 2. The van der Waals surface area contributed by atoms with Gasteiger partial charge in [0.05, 0.1) is 17.9 Å². The summed E-state index contributed by atoms with van der Waals surface area (Å²) in [6.45, 7) is 0. The standard InChI is InChI=1S/C23H25ClF4N4O/c24-21-15(20(13-1-2-13)30-19(33)6-12-8-22(25,26)9-12)7-18-29-14(10-32(18)31-21)3-11-4-16-17(5-11)23(16,27)28/h7,10-13,16-17,20H,1-6,8-9H2,(H,30,33)/t11?,16-,17+,20?. The first-order valence-corrected chi connectivity index (χ1v) is 12.1. The molecule has 2 unspecified atom stereocenters. The second kappa shape index (κ2) is 7.30. The van der Waals surface area contributed by atoms with E-state index in [4.69, 9.17) is 11.6 Å². The van der Waals surface area contributed by atoms with Gasteiger partial charge in [0.2, 0.25) is 11.8 Å². The summed E-state index contributed by atoms with van der Waals surface area (Å²) < 4.78 is 54.7. The lowest BCUT2D eigenvalue weighted by Gasteiger charge is -2.34. The van der Waals surface area contributed by atoms with Crippen molar-refractivity contribution in [1.29, 1.82) is 0 Å². The molecular weight excluding hydrogens is 460 g/mol. The Labute approximate surface area is 193 Å². The van der Waals surface area contributed by atoms with Crippen molar-refractivity contribution >= 4 is 23.2 Å². The van der Waals surface area contributed by atoms with Gasteiger partial charge in [-0.2, -0.15) is 5.10 Å². The minimum absolute atomic E-state index is 0.0854. The maximum atomic E-state index is 13.5. The molecule has 33 heavy (non-hydrogen) atoms. The van der Waals surface area contributed by atoms with Gasteiger partial charge < -0.3 is 5.32 Å². The van der Waals surface area contributed by atoms with E-state index in [0.717, 1.165) is 18.5 Å². The second-order valence-corrected chi connectivity index (χ2v) is 10.9. The Morgan fingerprint density at radius 3 is 2.52 bits per heavy atom. The third-order valence-corrected chi connectivity index (χ3v) is 8.21. The Hall–Kier alpha value is -1.90. The molecule has 4 aliphatic rings. The van der Waals surface area contributed by atoms with E-state index in [0.29, 0.717) is 30.5 Å². The van der Waals surface area contributed by atoms with Gasteiger partial charge in [-0.05, 0) is 55.9 Å². The van der Waals surface area contributed by atoms with Crippen LogP contribution in [0.2, 0.25) is 5.15 Å². The molecule has 10 heteroatoms. The Balaban J connectivity index is 1.15. The molecule has 4 atom stereocenters. The van der Waals surface area contributed by atoms with E-state index in [1.807, 2.05) is 6.07 Å². The van der Waals surface area contributed by atoms with E-state index < -0.39 is 23.7 Å². The zero-order valence-corrected chi connectivity index (χ0v) is 18.7. The first-order chi connectivity index (χ1) is 15.6. The lowest BCUT2D eigenvalue weighted by Crippen LogP contribution is -2.39. The van der Waals surface area contributed by atoms with Crippen LogP contribution >= 0.6 is 11.6 Å². The van der Waals surface area contributed by atoms with Crippen molar-refractivity contribution in [2.24, 2.45) is 29.6 Å². The highest BCUT2D eigenvalue weighted by atomic mass is 35.5. The van der Waals surface area contributed by atoms with E-state index in [9.17, 15) is 22.4 Å². The zero-order valence-electron chi connectivity index (χ0n) is 17.9. The average molecular weight is 485 g/mol. The Kier molecular flexibility index (Phi) is 4.78. The van der Waals surface area contributed by atoms with Crippen LogP contribution in [0.15, 0.2) is 12.3 Å². The van der Waals surface area contributed by atoms with Crippen molar-refractivity contribution in [3.63, 3.8) is 0 Å². The molecule has 0 radical (unpaired) electrons. The molecule has 4 saturated carbocycles. The monoisotopic (exact) mass is 484 g/mol. The Bertz CT molecular complexity index is 1100. The summed E-state index contributed by atoms with van der Waals surface area (Å²) in [7, 11) is 0. The van der Waals surface area contributed by atoms with Gasteiger partial charge in [0.15, 0.2) is 10.8 Å². The molecule has 2 aromatic heterocycles. The average Bonchev–Trinajstić information content (AvgIpc) is 3.49. The maximum Gasteiger partial charge on any atom is 0.254 e. The topological polar surface area (TPSA) is 59.3 Å². The van der Waals surface area contributed by atoms with Crippen molar-refractivity contribution < 1.29 is 22.4 Å². The minimum atomic E-state index is -2.64. The number of aromatic nitrogens is 3. The molecule has 178 valence electrons. The number of amides is 1. The molecule has 0 aliphatic heterocycles. The number of nitrogens with zero attached hydrogens (tertiary/aromatic N) is 3. The van der Waals surface area contributed by atoms with Gasteiger partial charge in [-0.1, -0.05) is 11.6 Å². The Morgan fingerprint density at radius 2 is 1.88 bits per heavy atom. The molecule has 0 saturated heterocycles. The molecule has 4 aliphatic carbocycles. The molecule has 1 N–H and O–H groups in total. The van der Waals surface area contributed by atoms with Crippen LogP contribution < -0.4 is 5.32 Å². The van der Waals surface area contributed by atoms with Crippen molar-refractivity contribution in [2.45, 2.75) is 69.3 Å². The van der Waals surface area contributed by atoms with Crippen LogP contribution in [-0.4, -0.2) is 32.4 Å². The van der Waals surface area contributed by atoms with Crippen LogP contribution in [0.5, 0.6) is 0 Å². The third kappa shape index (κ3) is 4.00. The number of hydrogen-bond acceptors (Lipinski definition) is 3. The number of nitrogens with one attached hydrogen (secondary N) is 1. The summed E-state index contributed by atoms with van der Waals surface area (Å²) in [5, 5.41) is 7.67. The number of halogens is 5. The Morgan fingerprint density at radius 1 is 1.18 bits per heavy atom. The predicted molar refractivity (Wildman–Crippen MR) is 112 cm³/mol. The van der Waals surface area contributed by atoms with Gasteiger partial charge in [-0.15, -0.1) is 0 Å². The van der Waals surface area contributed by atoms with Crippen molar-refractivity contribution in [1.82, 2.24) is 19.9 Å². The highest BCUT2D eigenvalue weighted by Gasteiger charge is 2.71. The zero-order chi connectivity index (χ0) is 23.1. The maximum absolute atomic E-state index is 13.5. The summed E-state index contributed by atoms with van der Waals surface area (Å²) in [4.78, 5) is 17.2. The summed E-state index contributed by atoms with van der Waals surface area (Å²) in [6.07, 6.45) is 5.00. The van der Waals surface area contributed by atoms with Crippen LogP contribution in [0.1, 0.15) is 62.2 Å². The number of carbonyl (C=O) groups is 1. The highest BCUT2D eigenvalue weighted by molar-refractivity contribution is 6.30. The predicted octanol–water partition coefficient (Wildman–Crippen LogP) is 5.22. The fraction of sp³-hybridized carbons (Fsp3) is 0.696. The molecule has 5 nitrogen and oxygen atoms in total. The molecule has 2 heterocycles. The van der Waals surface area contributed by atoms with E-state index in [1.54, 1.807) is 10.7 Å². The van der Waals surface area contributed by atoms with Crippen LogP contribution in [0, 0.1) is 29.6 Å². The smallest absolute Gasteiger partial charge is 0.254 e. The molecule has 0 spiro atoms. The quantitative estimate of drug-likeness (QED) is 0.548. The number of hydrogen-bond donors (Lipinski definition) is 1.